The fourth-order valence-electron chi connectivity index (χ4n) is 2.13. The van der Waals surface area contributed by atoms with E-state index in [2.05, 4.69) is 12.2 Å². The molecule has 2 aliphatic rings. The molecule has 4 heteroatoms. The van der Waals surface area contributed by atoms with E-state index in [0.717, 1.165) is 24.5 Å². The molecule has 0 unspecified atom stereocenters. The fourth-order valence-corrected chi connectivity index (χ4v) is 2.13. The molecule has 2 aliphatic carbocycles. The van der Waals surface area contributed by atoms with Crippen molar-refractivity contribution in [1.82, 2.24) is 0 Å². The Bertz CT molecular complexity index is 278. The smallest absolute Gasteiger partial charge is 0.300 e. The highest BCUT2D eigenvalue weighted by atomic mass is 16.4. The number of carboxylic acid groups (broad SMARTS) is 1. The maximum absolute atomic E-state index is 9.00. The molecule has 0 radical (unpaired) electrons. The topological polar surface area (TPSA) is 77.8 Å². The molecule has 0 amide bonds. The SMILES string of the molecule is CC(=O)O.OCC1=C(CO)[C@H]2C=C[C@@H]1C2. The first-order valence-electron chi connectivity index (χ1n) is 4.91. The number of aliphatic hydroxyl groups excluding tert-OH is 2. The molecule has 0 saturated heterocycles. The van der Waals surface area contributed by atoms with Gasteiger partial charge in [0.15, 0.2) is 0 Å². The van der Waals surface area contributed by atoms with Crippen molar-refractivity contribution in [3.05, 3.63) is 23.3 Å². The zero-order valence-electron chi connectivity index (χ0n) is 8.68. The third-order valence-corrected chi connectivity index (χ3v) is 2.73. The number of fused-ring (bicyclic) bond motifs is 2. The number of rotatable bonds is 2. The zero-order chi connectivity index (χ0) is 11.4. The van der Waals surface area contributed by atoms with Crippen LogP contribution in [-0.4, -0.2) is 34.5 Å². The van der Waals surface area contributed by atoms with E-state index in [0.29, 0.717) is 11.8 Å². The van der Waals surface area contributed by atoms with Crippen molar-refractivity contribution >= 4 is 5.97 Å². The van der Waals surface area contributed by atoms with Gasteiger partial charge < -0.3 is 15.3 Å². The first-order valence-corrected chi connectivity index (χ1v) is 4.91. The summed E-state index contributed by atoms with van der Waals surface area (Å²) in [7, 11) is 0. The first-order chi connectivity index (χ1) is 7.10. The third-order valence-electron chi connectivity index (χ3n) is 2.73. The van der Waals surface area contributed by atoms with Gasteiger partial charge in [-0.2, -0.15) is 0 Å². The summed E-state index contributed by atoms with van der Waals surface area (Å²) in [4.78, 5) is 9.00. The number of carbonyl (C=O) groups is 1. The van der Waals surface area contributed by atoms with Gasteiger partial charge in [0.05, 0.1) is 13.2 Å². The molecular formula is C11H16O4. The number of aliphatic hydroxyl groups is 2. The van der Waals surface area contributed by atoms with Crippen molar-refractivity contribution in [3.8, 4) is 0 Å². The molecule has 15 heavy (non-hydrogen) atoms. The minimum atomic E-state index is -0.833. The predicted octanol–water partition coefficient (Wildman–Crippen LogP) is 0.564. The molecule has 0 heterocycles. The normalized spacial score (nSPS) is 26.6. The van der Waals surface area contributed by atoms with E-state index in [4.69, 9.17) is 20.1 Å². The lowest BCUT2D eigenvalue weighted by Gasteiger charge is -2.11. The molecule has 0 spiro atoms. The van der Waals surface area contributed by atoms with Crippen LogP contribution >= 0.6 is 0 Å². The van der Waals surface area contributed by atoms with E-state index in [1.807, 2.05) is 0 Å². The second kappa shape index (κ2) is 5.09. The highest BCUT2D eigenvalue weighted by Gasteiger charge is 2.33. The minimum absolute atomic E-state index is 0.113. The molecule has 0 saturated carbocycles. The lowest BCUT2D eigenvalue weighted by Crippen LogP contribution is -2.05. The average molecular weight is 212 g/mol. The quantitative estimate of drug-likeness (QED) is 0.585. The van der Waals surface area contributed by atoms with E-state index in [1.165, 1.54) is 0 Å². The van der Waals surface area contributed by atoms with Gasteiger partial charge in [-0.3, -0.25) is 4.79 Å². The standard InChI is InChI=1S/C9H12O2.C2H4O2/c10-4-8-6-1-2-7(3-6)9(8)5-11;1-2(3)4/h1-2,6-7,10-11H,3-5H2;1H3,(H,3,4)/t6-,7+;. The Hall–Kier alpha value is -1.13. The molecule has 2 rings (SSSR count). The van der Waals surface area contributed by atoms with Crippen LogP contribution in [0.4, 0.5) is 0 Å². The summed E-state index contributed by atoms with van der Waals surface area (Å²) in [5.41, 5.74) is 2.11. The maximum atomic E-state index is 9.00. The van der Waals surface area contributed by atoms with Gasteiger partial charge in [0.2, 0.25) is 0 Å². The van der Waals surface area contributed by atoms with Gasteiger partial charge >= 0.3 is 0 Å². The van der Waals surface area contributed by atoms with Crippen LogP contribution in [0.1, 0.15) is 13.3 Å². The summed E-state index contributed by atoms with van der Waals surface area (Å²) < 4.78 is 0. The van der Waals surface area contributed by atoms with Crippen LogP contribution in [0.25, 0.3) is 0 Å². The molecule has 3 N–H and O–H groups in total. The molecule has 0 aromatic rings. The van der Waals surface area contributed by atoms with E-state index in [-0.39, 0.29) is 13.2 Å². The minimum Gasteiger partial charge on any atom is -0.481 e. The highest BCUT2D eigenvalue weighted by Crippen LogP contribution is 2.42. The molecule has 2 atom stereocenters. The van der Waals surface area contributed by atoms with Gasteiger partial charge in [0, 0.05) is 18.8 Å². The van der Waals surface area contributed by atoms with Crippen molar-refractivity contribution in [1.29, 1.82) is 0 Å². The van der Waals surface area contributed by atoms with Crippen LogP contribution < -0.4 is 0 Å². The van der Waals surface area contributed by atoms with Crippen LogP contribution in [0, 0.1) is 11.8 Å². The van der Waals surface area contributed by atoms with Crippen molar-refractivity contribution in [3.63, 3.8) is 0 Å². The summed E-state index contributed by atoms with van der Waals surface area (Å²) >= 11 is 0. The average Bonchev–Trinajstić information content (AvgIpc) is 2.74. The summed E-state index contributed by atoms with van der Waals surface area (Å²) in [6.07, 6.45) is 5.34. The number of allylic oxidation sites excluding steroid dienone is 2. The Morgan fingerprint density at radius 2 is 1.60 bits per heavy atom. The summed E-state index contributed by atoms with van der Waals surface area (Å²) in [5.74, 6) is 0.0132. The first kappa shape index (κ1) is 11.9. The Morgan fingerprint density at radius 3 is 1.87 bits per heavy atom. The van der Waals surface area contributed by atoms with Gasteiger partial charge in [-0.1, -0.05) is 12.2 Å². The predicted molar refractivity (Wildman–Crippen MR) is 55.2 cm³/mol. The Morgan fingerprint density at radius 1 is 1.27 bits per heavy atom. The molecule has 0 fully saturated rings. The van der Waals surface area contributed by atoms with Crippen LogP contribution in [0.15, 0.2) is 23.3 Å². The Labute approximate surface area is 88.5 Å². The largest absolute Gasteiger partial charge is 0.481 e. The van der Waals surface area contributed by atoms with E-state index >= 15 is 0 Å². The molecule has 2 bridgehead atoms. The number of carboxylic acids is 1. The van der Waals surface area contributed by atoms with Gasteiger partial charge in [-0.15, -0.1) is 0 Å². The van der Waals surface area contributed by atoms with Crippen molar-refractivity contribution in [2.45, 2.75) is 13.3 Å². The lowest BCUT2D eigenvalue weighted by atomic mass is 9.98. The zero-order valence-corrected chi connectivity index (χ0v) is 8.68. The fraction of sp³-hybridized carbons (Fsp3) is 0.545. The Kier molecular flexibility index (Phi) is 4.05. The molecular weight excluding hydrogens is 196 g/mol. The van der Waals surface area contributed by atoms with Gasteiger partial charge in [0.25, 0.3) is 5.97 Å². The monoisotopic (exact) mass is 212 g/mol. The summed E-state index contributed by atoms with van der Waals surface area (Å²) in [6.45, 7) is 1.31. The van der Waals surface area contributed by atoms with Gasteiger partial charge in [0.1, 0.15) is 0 Å². The summed E-state index contributed by atoms with van der Waals surface area (Å²) in [6, 6.07) is 0. The third kappa shape index (κ3) is 2.67. The number of hydrogen-bond donors (Lipinski definition) is 3. The highest BCUT2D eigenvalue weighted by molar-refractivity contribution is 5.62. The van der Waals surface area contributed by atoms with E-state index < -0.39 is 5.97 Å². The number of aliphatic carboxylic acids is 1. The van der Waals surface area contributed by atoms with Crippen LogP contribution in [-0.2, 0) is 4.79 Å². The van der Waals surface area contributed by atoms with Gasteiger partial charge in [-0.25, -0.2) is 0 Å². The van der Waals surface area contributed by atoms with Crippen LogP contribution in [0.2, 0.25) is 0 Å². The second-order valence-electron chi connectivity index (χ2n) is 3.72. The van der Waals surface area contributed by atoms with Crippen LogP contribution in [0.5, 0.6) is 0 Å². The molecule has 0 aliphatic heterocycles. The van der Waals surface area contributed by atoms with Crippen molar-refractivity contribution in [2.75, 3.05) is 13.2 Å². The maximum Gasteiger partial charge on any atom is 0.300 e. The second-order valence-corrected chi connectivity index (χ2v) is 3.72. The van der Waals surface area contributed by atoms with Crippen LogP contribution in [0.3, 0.4) is 0 Å². The molecule has 4 nitrogen and oxygen atoms in total. The molecule has 0 aromatic carbocycles. The summed E-state index contributed by atoms with van der Waals surface area (Å²) in [5, 5.41) is 25.4. The van der Waals surface area contributed by atoms with E-state index in [1.54, 1.807) is 0 Å². The van der Waals surface area contributed by atoms with Gasteiger partial charge in [-0.05, 0) is 17.6 Å². The van der Waals surface area contributed by atoms with E-state index in [9.17, 15) is 0 Å². The molecule has 0 aromatic heterocycles. The van der Waals surface area contributed by atoms with Crippen molar-refractivity contribution < 1.29 is 20.1 Å². The lowest BCUT2D eigenvalue weighted by molar-refractivity contribution is -0.134. The number of hydrogen-bond acceptors (Lipinski definition) is 3. The Balaban J connectivity index is 0.000000245. The van der Waals surface area contributed by atoms with Crippen molar-refractivity contribution in [2.24, 2.45) is 11.8 Å². The molecule has 84 valence electrons.